The van der Waals surface area contributed by atoms with Crippen molar-refractivity contribution in [1.82, 2.24) is 10.6 Å². The lowest BCUT2D eigenvalue weighted by Crippen LogP contribution is -2.36. The van der Waals surface area contributed by atoms with E-state index in [1.807, 2.05) is 6.92 Å². The topological polar surface area (TPSA) is 71.6 Å². The van der Waals surface area contributed by atoms with Crippen molar-refractivity contribution in [3.8, 4) is 0 Å². The zero-order valence-corrected chi connectivity index (χ0v) is 19.2. The van der Waals surface area contributed by atoms with Crippen LogP contribution >= 0.6 is 22.7 Å². The molecule has 11 heteroatoms. The van der Waals surface area contributed by atoms with Gasteiger partial charge in [0.05, 0.1) is 18.2 Å². The van der Waals surface area contributed by atoms with Gasteiger partial charge in [0.2, 0.25) is 0 Å². The highest BCUT2D eigenvalue weighted by molar-refractivity contribution is 7.16. The first-order valence-corrected chi connectivity index (χ1v) is 12.2. The summed E-state index contributed by atoms with van der Waals surface area (Å²) >= 11 is 2.26. The van der Waals surface area contributed by atoms with Gasteiger partial charge in [-0.05, 0) is 48.6 Å². The van der Waals surface area contributed by atoms with Crippen molar-refractivity contribution < 1.29 is 27.4 Å². The number of urea groups is 1. The molecule has 2 aliphatic heterocycles. The molecule has 1 aliphatic carbocycles. The van der Waals surface area contributed by atoms with Gasteiger partial charge in [-0.1, -0.05) is 0 Å². The largest absolute Gasteiger partial charge is 0.425 e. The fraction of sp³-hybridized carbons (Fsp3) is 0.571. The van der Waals surface area contributed by atoms with Crippen LogP contribution in [0.4, 0.5) is 23.0 Å². The third-order valence-corrected chi connectivity index (χ3v) is 8.87. The van der Waals surface area contributed by atoms with Gasteiger partial charge >= 0.3 is 12.2 Å². The molecular weight excluding hydrogens is 463 g/mol. The van der Waals surface area contributed by atoms with Crippen molar-refractivity contribution in [2.75, 3.05) is 25.1 Å². The number of carbonyl (C=O) groups excluding carboxylic acids is 1. The second kappa shape index (κ2) is 8.28. The second-order valence-corrected chi connectivity index (χ2v) is 10.5. The summed E-state index contributed by atoms with van der Waals surface area (Å²) in [4.78, 5) is 13.8. The maximum absolute atomic E-state index is 13.6. The quantitative estimate of drug-likeness (QED) is 0.603. The van der Waals surface area contributed by atoms with Crippen LogP contribution in [-0.4, -0.2) is 31.6 Å². The minimum Gasteiger partial charge on any atom is -0.347 e. The van der Waals surface area contributed by atoms with E-state index in [-0.39, 0.29) is 12.1 Å². The molecule has 2 aromatic rings. The van der Waals surface area contributed by atoms with Gasteiger partial charge in [0.25, 0.3) is 0 Å². The van der Waals surface area contributed by atoms with Crippen molar-refractivity contribution in [1.29, 1.82) is 0 Å². The summed E-state index contributed by atoms with van der Waals surface area (Å²) in [6.45, 7) is 4.06. The highest BCUT2D eigenvalue weighted by atomic mass is 32.1. The minimum absolute atomic E-state index is 0.151. The lowest BCUT2D eigenvalue weighted by Gasteiger charge is -2.31. The van der Waals surface area contributed by atoms with E-state index < -0.39 is 22.9 Å². The number of hydrogen-bond acceptors (Lipinski definition) is 6. The predicted molar refractivity (Wildman–Crippen MR) is 116 cm³/mol. The Labute approximate surface area is 191 Å². The monoisotopic (exact) mass is 487 g/mol. The van der Waals surface area contributed by atoms with Gasteiger partial charge in [-0.15, -0.1) is 22.7 Å². The number of fused-ring (bicyclic) bond motifs is 2. The number of carbonyl (C=O) groups is 1. The number of rotatable bonds is 3. The molecule has 32 heavy (non-hydrogen) atoms. The molecule has 0 radical (unpaired) electrons. The fourth-order valence-electron chi connectivity index (χ4n) is 4.72. The summed E-state index contributed by atoms with van der Waals surface area (Å²) in [7, 11) is 0. The average molecular weight is 488 g/mol. The van der Waals surface area contributed by atoms with Gasteiger partial charge < -0.3 is 20.1 Å². The molecule has 0 unspecified atom stereocenters. The highest BCUT2D eigenvalue weighted by Gasteiger charge is 2.42. The molecule has 174 valence electrons. The second-order valence-electron chi connectivity index (χ2n) is 8.29. The Hall–Kier alpha value is -1.66. The number of amides is 2. The fourth-order valence-corrected chi connectivity index (χ4v) is 7.26. The van der Waals surface area contributed by atoms with Crippen molar-refractivity contribution in [3.05, 3.63) is 36.9 Å². The number of hydrogen-bond donors (Lipinski definition) is 3. The van der Waals surface area contributed by atoms with Crippen LogP contribution in [0.1, 0.15) is 43.3 Å². The zero-order chi connectivity index (χ0) is 22.5. The highest BCUT2D eigenvalue weighted by Crippen LogP contribution is 2.44. The van der Waals surface area contributed by atoms with Crippen LogP contribution in [0.2, 0.25) is 0 Å². The van der Waals surface area contributed by atoms with Crippen LogP contribution in [0.15, 0.2) is 0 Å². The number of anilines is 1. The van der Waals surface area contributed by atoms with Crippen LogP contribution in [0.5, 0.6) is 0 Å². The molecule has 3 aliphatic rings. The first-order chi connectivity index (χ1) is 15.3. The van der Waals surface area contributed by atoms with Crippen LogP contribution in [0.3, 0.4) is 0 Å². The number of thiophene rings is 2. The Morgan fingerprint density at radius 1 is 1.16 bits per heavy atom. The molecule has 2 amide bonds. The third kappa shape index (κ3) is 4.05. The third-order valence-electron chi connectivity index (χ3n) is 6.30. The van der Waals surface area contributed by atoms with E-state index in [2.05, 4.69) is 16.0 Å². The van der Waals surface area contributed by atoms with Crippen LogP contribution in [0.25, 0.3) is 0 Å². The number of halogens is 3. The maximum atomic E-state index is 13.6. The first kappa shape index (κ1) is 22.1. The molecule has 3 N–H and O–H groups in total. The molecule has 0 bridgehead atoms. The summed E-state index contributed by atoms with van der Waals surface area (Å²) in [6, 6.07) is -0.503. The van der Waals surface area contributed by atoms with Crippen LogP contribution in [0, 0.1) is 6.92 Å². The van der Waals surface area contributed by atoms with E-state index in [0.29, 0.717) is 49.6 Å². The van der Waals surface area contributed by atoms with Crippen molar-refractivity contribution in [2.45, 2.75) is 57.7 Å². The normalized spacial score (nSPS) is 19.6. The molecule has 2 aromatic heterocycles. The molecule has 0 saturated carbocycles. The zero-order valence-electron chi connectivity index (χ0n) is 17.5. The van der Waals surface area contributed by atoms with Gasteiger partial charge in [0.1, 0.15) is 4.88 Å². The molecule has 4 heterocycles. The minimum atomic E-state index is -4.43. The number of nitrogens with one attached hydrogen (secondary N) is 3. The molecule has 5 rings (SSSR count). The summed E-state index contributed by atoms with van der Waals surface area (Å²) in [5.41, 5.74) is 3.11. The van der Waals surface area contributed by atoms with Gasteiger partial charge in [-0.25, -0.2) is 4.79 Å². The number of alkyl halides is 3. The SMILES string of the molecule is Cc1c(NC(=O)NCc2c(C(F)(F)F)sc3c2CCNC3)sc2c1CCC1(C2)OCCO1. The van der Waals surface area contributed by atoms with Crippen LogP contribution < -0.4 is 16.0 Å². The molecule has 1 fully saturated rings. The lowest BCUT2D eigenvalue weighted by molar-refractivity contribution is -0.163. The van der Waals surface area contributed by atoms with Gasteiger partial charge in [-0.3, -0.25) is 5.32 Å². The molecule has 1 spiro atoms. The number of ether oxygens (including phenoxy) is 2. The molecular formula is C21H24F3N3O3S2. The predicted octanol–water partition coefficient (Wildman–Crippen LogP) is 4.34. The van der Waals surface area contributed by atoms with Crippen molar-refractivity contribution in [2.24, 2.45) is 0 Å². The molecule has 0 aromatic carbocycles. The summed E-state index contributed by atoms with van der Waals surface area (Å²) in [6.07, 6.45) is -1.66. The lowest BCUT2D eigenvalue weighted by atomic mass is 9.91. The Morgan fingerprint density at radius 3 is 2.69 bits per heavy atom. The Bertz CT molecular complexity index is 1040. The van der Waals surface area contributed by atoms with Crippen LogP contribution in [-0.2, 0) is 48.0 Å². The summed E-state index contributed by atoms with van der Waals surface area (Å²) < 4.78 is 52.3. The van der Waals surface area contributed by atoms with E-state index in [9.17, 15) is 18.0 Å². The van der Waals surface area contributed by atoms with E-state index in [4.69, 9.17) is 9.47 Å². The Morgan fingerprint density at radius 2 is 1.94 bits per heavy atom. The van der Waals surface area contributed by atoms with Gasteiger partial charge in [0.15, 0.2) is 5.79 Å². The Kier molecular flexibility index (Phi) is 5.73. The standard InChI is InChI=1S/C21H24F3N3O3S2/c1-11-12-2-4-20(29-6-7-30-20)8-15(12)32-18(11)27-19(28)26-9-14-13-3-5-25-10-16(13)31-17(14)21(22,23)24/h25H,2-10H2,1H3,(H2,26,27,28). The summed E-state index contributed by atoms with van der Waals surface area (Å²) in [5, 5.41) is 9.31. The van der Waals surface area contributed by atoms with Crippen molar-refractivity contribution in [3.63, 3.8) is 0 Å². The van der Waals surface area contributed by atoms with E-state index >= 15 is 0 Å². The van der Waals surface area contributed by atoms with E-state index in [1.54, 1.807) is 0 Å². The summed E-state index contributed by atoms with van der Waals surface area (Å²) in [5.74, 6) is -0.551. The van der Waals surface area contributed by atoms with E-state index in [1.165, 1.54) is 16.9 Å². The average Bonchev–Trinajstić information content (AvgIpc) is 3.43. The molecule has 1 saturated heterocycles. The first-order valence-electron chi connectivity index (χ1n) is 10.6. The molecule has 0 atom stereocenters. The smallest absolute Gasteiger partial charge is 0.347 e. The van der Waals surface area contributed by atoms with Gasteiger partial charge in [-0.2, -0.15) is 13.2 Å². The van der Waals surface area contributed by atoms with Gasteiger partial charge in [0, 0.05) is 35.7 Å². The maximum Gasteiger partial charge on any atom is 0.425 e. The molecule has 6 nitrogen and oxygen atoms in total. The Balaban J connectivity index is 1.29. The van der Waals surface area contributed by atoms with E-state index in [0.717, 1.165) is 39.6 Å². The van der Waals surface area contributed by atoms with Crippen molar-refractivity contribution >= 4 is 33.7 Å².